The molecule has 3 aromatic heterocycles. The van der Waals surface area contributed by atoms with Crippen LogP contribution in [-0.2, 0) is 6.54 Å². The summed E-state index contributed by atoms with van der Waals surface area (Å²) < 4.78 is 31.6. The van der Waals surface area contributed by atoms with Gasteiger partial charge in [-0.05, 0) is 37.0 Å². The number of hydrogen-bond acceptors (Lipinski definition) is 6. The van der Waals surface area contributed by atoms with Gasteiger partial charge >= 0.3 is 0 Å². The summed E-state index contributed by atoms with van der Waals surface area (Å²) in [5, 5.41) is 6.68. The van der Waals surface area contributed by atoms with Crippen molar-refractivity contribution >= 4 is 28.1 Å². The monoisotopic (exact) mass is 493 g/mol. The van der Waals surface area contributed by atoms with Crippen LogP contribution in [0.2, 0.25) is 0 Å². The zero-order valence-corrected chi connectivity index (χ0v) is 19.9. The van der Waals surface area contributed by atoms with Gasteiger partial charge in [-0.1, -0.05) is 6.07 Å². The number of anilines is 1. The number of H-pyrrole nitrogens is 1. The smallest absolute Gasteiger partial charge is 0.274 e. The maximum Gasteiger partial charge on any atom is 0.274 e. The number of benzene rings is 1. The number of likely N-dealkylation sites (tertiary alicyclic amines) is 1. The van der Waals surface area contributed by atoms with Crippen LogP contribution in [0.5, 0.6) is 0 Å². The van der Waals surface area contributed by atoms with Gasteiger partial charge in [-0.15, -0.1) is 0 Å². The van der Waals surface area contributed by atoms with Gasteiger partial charge in [0.05, 0.1) is 17.4 Å². The molecule has 5 heterocycles. The number of pyridine rings is 1. The van der Waals surface area contributed by atoms with Crippen molar-refractivity contribution in [1.29, 1.82) is 0 Å². The lowest BCUT2D eigenvalue weighted by Gasteiger charge is -2.23. The largest absolute Gasteiger partial charge is 0.367 e. The van der Waals surface area contributed by atoms with E-state index in [4.69, 9.17) is 0 Å². The fraction of sp³-hybridized carbons (Fsp3) is 0.360. The predicted octanol–water partition coefficient (Wildman–Crippen LogP) is 2.09. The minimum absolute atomic E-state index is 0.0477. The topological polar surface area (TPSA) is 98.6 Å². The first-order valence-electron chi connectivity index (χ1n) is 11.9. The van der Waals surface area contributed by atoms with Crippen molar-refractivity contribution in [2.24, 2.45) is 11.8 Å². The quantitative estimate of drug-likeness (QED) is 0.423. The molecule has 2 unspecified atom stereocenters. The van der Waals surface area contributed by atoms with Crippen molar-refractivity contribution in [3.05, 3.63) is 69.4 Å². The summed E-state index contributed by atoms with van der Waals surface area (Å²) in [4.78, 5) is 34.9. The molecule has 2 aliphatic heterocycles. The van der Waals surface area contributed by atoms with Gasteiger partial charge in [0.25, 0.3) is 11.5 Å². The molecule has 6 rings (SSSR count). The minimum Gasteiger partial charge on any atom is -0.367 e. The highest BCUT2D eigenvalue weighted by molar-refractivity contribution is 5.92. The average Bonchev–Trinajstić information content (AvgIpc) is 3.54. The van der Waals surface area contributed by atoms with Gasteiger partial charge < -0.3 is 15.2 Å². The molecule has 0 aliphatic carbocycles. The molecule has 2 fully saturated rings. The van der Waals surface area contributed by atoms with E-state index in [9.17, 15) is 14.0 Å². The van der Waals surface area contributed by atoms with Crippen LogP contribution in [0.25, 0.3) is 16.6 Å². The summed E-state index contributed by atoms with van der Waals surface area (Å²) >= 11 is 0. The number of carbonyl (C=O) groups is 1. The normalized spacial score (nSPS) is 19.9. The molecule has 2 atom stereocenters. The fourth-order valence-electron chi connectivity index (χ4n) is 5.66. The van der Waals surface area contributed by atoms with Crippen LogP contribution in [0.3, 0.4) is 0 Å². The Kier molecular flexibility index (Phi) is 5.25. The Balaban J connectivity index is 1.18. The standard InChI is InChI=1S/C25H25F2N7O2/c1-13-7-29-34-18-5-3-14(20(26)21(18)31-25(36)22(13)34)8-32-9-15-11-33(12-16(15)10-32)19-6-4-17(24(35)28-2)30-23(19)27/h3-7,15-16H,8-12H2,1-2H3,(H,28,35)(H,31,36). The molecule has 186 valence electrons. The maximum atomic E-state index is 15.4. The molecule has 0 bridgehead atoms. The molecule has 36 heavy (non-hydrogen) atoms. The zero-order chi connectivity index (χ0) is 25.1. The number of rotatable bonds is 4. The molecular formula is C25H25F2N7O2. The predicted molar refractivity (Wildman–Crippen MR) is 130 cm³/mol. The van der Waals surface area contributed by atoms with Crippen molar-refractivity contribution in [2.45, 2.75) is 13.5 Å². The second-order valence-electron chi connectivity index (χ2n) is 9.68. The first-order chi connectivity index (χ1) is 17.3. The second-order valence-corrected chi connectivity index (χ2v) is 9.68. The van der Waals surface area contributed by atoms with E-state index in [1.54, 1.807) is 31.3 Å². The van der Waals surface area contributed by atoms with Gasteiger partial charge in [0, 0.05) is 50.9 Å². The highest BCUT2D eigenvalue weighted by Crippen LogP contribution is 2.35. The second kappa shape index (κ2) is 8.37. The first-order valence-corrected chi connectivity index (χ1v) is 11.9. The molecule has 0 saturated carbocycles. The molecule has 2 N–H and O–H groups in total. The summed E-state index contributed by atoms with van der Waals surface area (Å²) in [7, 11) is 1.48. The number of aromatic amines is 1. The number of halogens is 2. The van der Waals surface area contributed by atoms with Gasteiger partial charge in [-0.25, -0.2) is 13.9 Å². The van der Waals surface area contributed by atoms with Crippen molar-refractivity contribution < 1.29 is 13.6 Å². The van der Waals surface area contributed by atoms with E-state index >= 15 is 4.39 Å². The third-order valence-electron chi connectivity index (χ3n) is 7.42. The van der Waals surface area contributed by atoms with Crippen molar-refractivity contribution in [3.8, 4) is 0 Å². The summed E-state index contributed by atoms with van der Waals surface area (Å²) in [5.41, 5.74) is 2.42. The van der Waals surface area contributed by atoms with Crippen LogP contribution in [0, 0.1) is 30.5 Å². The third kappa shape index (κ3) is 3.53. The molecule has 1 amide bonds. The van der Waals surface area contributed by atoms with Crippen LogP contribution >= 0.6 is 0 Å². The average molecular weight is 494 g/mol. The lowest BCUT2D eigenvalue weighted by Crippen LogP contribution is -2.30. The van der Waals surface area contributed by atoms with E-state index in [0.717, 1.165) is 18.7 Å². The van der Waals surface area contributed by atoms with Gasteiger partial charge in [-0.3, -0.25) is 14.5 Å². The number of carbonyl (C=O) groups excluding carboxylic acids is 1. The van der Waals surface area contributed by atoms with E-state index in [0.29, 0.717) is 53.8 Å². The Hall–Kier alpha value is -3.86. The van der Waals surface area contributed by atoms with Gasteiger partial charge in [0.1, 0.15) is 16.7 Å². The lowest BCUT2D eigenvalue weighted by molar-refractivity contribution is 0.0957. The summed E-state index contributed by atoms with van der Waals surface area (Å²) in [6.07, 6.45) is 1.60. The Morgan fingerprint density at radius 1 is 1.14 bits per heavy atom. The summed E-state index contributed by atoms with van der Waals surface area (Å²) in [5.74, 6) is -0.885. The van der Waals surface area contributed by atoms with E-state index in [-0.39, 0.29) is 16.8 Å². The van der Waals surface area contributed by atoms with Crippen LogP contribution < -0.4 is 15.8 Å². The van der Waals surface area contributed by atoms with Crippen LogP contribution in [0.1, 0.15) is 21.6 Å². The Morgan fingerprint density at radius 2 is 1.89 bits per heavy atom. The number of hydrogen-bond donors (Lipinski definition) is 2. The van der Waals surface area contributed by atoms with Crippen molar-refractivity contribution in [3.63, 3.8) is 0 Å². The number of aryl methyl sites for hydroxylation is 1. The van der Waals surface area contributed by atoms with Crippen LogP contribution in [0.4, 0.5) is 14.5 Å². The van der Waals surface area contributed by atoms with E-state index in [2.05, 4.69) is 25.3 Å². The number of nitrogens with one attached hydrogen (secondary N) is 2. The number of nitrogens with zero attached hydrogens (tertiary/aromatic N) is 5. The molecule has 2 saturated heterocycles. The maximum absolute atomic E-state index is 15.4. The molecular weight excluding hydrogens is 468 g/mol. The van der Waals surface area contributed by atoms with Crippen LogP contribution in [0.15, 0.2) is 35.3 Å². The summed E-state index contributed by atoms with van der Waals surface area (Å²) in [6.45, 7) is 5.08. The van der Waals surface area contributed by atoms with Crippen LogP contribution in [-0.4, -0.2) is 63.6 Å². The Labute approximate surface area is 204 Å². The SMILES string of the molecule is CNC(=O)c1ccc(N2CC3CN(Cc4ccc5c([nH]c(=O)c6c(C)cnn65)c4F)CC3C2)c(F)n1. The van der Waals surface area contributed by atoms with E-state index < -0.39 is 17.7 Å². The molecule has 2 aliphatic rings. The lowest BCUT2D eigenvalue weighted by atomic mass is 10.0. The zero-order valence-electron chi connectivity index (χ0n) is 19.9. The number of amides is 1. The fourth-order valence-corrected chi connectivity index (χ4v) is 5.66. The molecule has 11 heteroatoms. The van der Waals surface area contributed by atoms with Gasteiger partial charge in [-0.2, -0.15) is 9.49 Å². The third-order valence-corrected chi connectivity index (χ3v) is 7.42. The molecule has 4 aromatic rings. The first kappa shape index (κ1) is 22.6. The molecule has 0 radical (unpaired) electrons. The molecule has 1 aromatic carbocycles. The highest BCUT2D eigenvalue weighted by Gasteiger charge is 2.41. The van der Waals surface area contributed by atoms with Gasteiger partial charge in [0.15, 0.2) is 5.82 Å². The Bertz CT molecular complexity index is 1570. The van der Waals surface area contributed by atoms with E-state index in [1.165, 1.54) is 17.6 Å². The van der Waals surface area contributed by atoms with Crippen molar-refractivity contribution in [1.82, 2.24) is 29.8 Å². The highest BCUT2D eigenvalue weighted by atomic mass is 19.1. The molecule has 9 nitrogen and oxygen atoms in total. The molecule has 0 spiro atoms. The number of aromatic nitrogens is 4. The van der Waals surface area contributed by atoms with E-state index in [1.807, 2.05) is 4.90 Å². The number of fused-ring (bicyclic) bond motifs is 4. The van der Waals surface area contributed by atoms with Gasteiger partial charge in [0.2, 0.25) is 5.95 Å². The minimum atomic E-state index is -0.651. The Morgan fingerprint density at radius 3 is 2.58 bits per heavy atom. The van der Waals surface area contributed by atoms with Crippen molar-refractivity contribution in [2.75, 3.05) is 38.1 Å². The summed E-state index contributed by atoms with van der Waals surface area (Å²) in [6, 6.07) is 6.68.